The number of carbonyl (C=O) groups is 3. The van der Waals surface area contributed by atoms with Gasteiger partial charge in [0.2, 0.25) is 0 Å². The summed E-state index contributed by atoms with van der Waals surface area (Å²) in [7, 11) is 0. The summed E-state index contributed by atoms with van der Waals surface area (Å²) in [6.07, 6.45) is 0. The van der Waals surface area contributed by atoms with E-state index in [1.807, 2.05) is 42.5 Å². The van der Waals surface area contributed by atoms with E-state index in [2.05, 4.69) is 0 Å². The summed E-state index contributed by atoms with van der Waals surface area (Å²) in [4.78, 5) is 43.1. The van der Waals surface area contributed by atoms with Crippen LogP contribution in [0.25, 0.3) is 0 Å². The van der Waals surface area contributed by atoms with Crippen LogP contribution in [-0.4, -0.2) is 22.8 Å². The fourth-order valence-corrected chi connectivity index (χ4v) is 3.68. The fraction of sp³-hybridized carbons (Fsp3) is 0.0455. The SMILES string of the molecule is O=C(ON1C(=O)c2ccccc2C1=O)c1ccc(CSc2ccccc2)cc1. The van der Waals surface area contributed by atoms with E-state index in [1.54, 1.807) is 36.0 Å². The molecule has 0 fully saturated rings. The Labute approximate surface area is 165 Å². The number of amides is 2. The molecule has 1 aliphatic heterocycles. The van der Waals surface area contributed by atoms with Crippen molar-refractivity contribution >= 4 is 29.5 Å². The zero-order chi connectivity index (χ0) is 19.5. The van der Waals surface area contributed by atoms with Crippen molar-refractivity contribution in [2.24, 2.45) is 0 Å². The van der Waals surface area contributed by atoms with Crippen LogP contribution in [0.5, 0.6) is 0 Å². The summed E-state index contributed by atoms with van der Waals surface area (Å²) in [5.74, 6) is -1.26. The molecule has 0 atom stereocenters. The van der Waals surface area contributed by atoms with Crippen LogP contribution in [0.3, 0.4) is 0 Å². The molecule has 28 heavy (non-hydrogen) atoms. The minimum atomic E-state index is -0.753. The number of hydrogen-bond acceptors (Lipinski definition) is 5. The van der Waals surface area contributed by atoms with Gasteiger partial charge < -0.3 is 4.84 Å². The summed E-state index contributed by atoms with van der Waals surface area (Å²) >= 11 is 1.69. The Kier molecular flexibility index (Phi) is 4.95. The van der Waals surface area contributed by atoms with Gasteiger partial charge in [0.15, 0.2) is 0 Å². The van der Waals surface area contributed by atoms with Crippen LogP contribution < -0.4 is 0 Å². The third kappa shape index (κ3) is 3.54. The summed E-state index contributed by atoms with van der Waals surface area (Å²) in [5, 5.41) is 0.520. The largest absolute Gasteiger partial charge is 0.363 e. The molecule has 138 valence electrons. The first-order valence-corrected chi connectivity index (χ1v) is 9.59. The second kappa shape index (κ2) is 7.70. The Morgan fingerprint density at radius 3 is 1.96 bits per heavy atom. The number of thioether (sulfide) groups is 1. The lowest BCUT2D eigenvalue weighted by molar-refractivity contribution is -0.0584. The Balaban J connectivity index is 1.40. The monoisotopic (exact) mass is 389 g/mol. The van der Waals surface area contributed by atoms with Gasteiger partial charge >= 0.3 is 5.97 Å². The van der Waals surface area contributed by atoms with Crippen molar-refractivity contribution in [1.29, 1.82) is 0 Å². The highest BCUT2D eigenvalue weighted by Crippen LogP contribution is 2.24. The number of nitrogens with zero attached hydrogens (tertiary/aromatic N) is 1. The molecule has 3 aromatic carbocycles. The van der Waals surface area contributed by atoms with Gasteiger partial charge in [-0.15, -0.1) is 11.8 Å². The van der Waals surface area contributed by atoms with E-state index in [0.29, 0.717) is 5.06 Å². The highest BCUT2D eigenvalue weighted by molar-refractivity contribution is 7.98. The van der Waals surface area contributed by atoms with E-state index in [0.717, 1.165) is 16.2 Å². The minimum absolute atomic E-state index is 0.230. The van der Waals surface area contributed by atoms with Gasteiger partial charge in [0, 0.05) is 10.6 Å². The molecule has 1 aliphatic rings. The van der Waals surface area contributed by atoms with Crippen molar-refractivity contribution in [3.63, 3.8) is 0 Å². The third-order valence-corrected chi connectivity index (χ3v) is 5.35. The molecule has 2 amide bonds. The number of rotatable bonds is 5. The van der Waals surface area contributed by atoms with Crippen molar-refractivity contribution in [3.8, 4) is 0 Å². The second-order valence-electron chi connectivity index (χ2n) is 6.13. The van der Waals surface area contributed by atoms with E-state index in [9.17, 15) is 14.4 Å². The van der Waals surface area contributed by atoms with E-state index < -0.39 is 17.8 Å². The average molecular weight is 389 g/mol. The van der Waals surface area contributed by atoms with Crippen LogP contribution in [0.15, 0.2) is 83.8 Å². The van der Waals surface area contributed by atoms with Crippen LogP contribution in [-0.2, 0) is 10.6 Å². The van der Waals surface area contributed by atoms with Crippen molar-refractivity contribution < 1.29 is 19.2 Å². The number of hydroxylamine groups is 2. The Morgan fingerprint density at radius 1 is 0.786 bits per heavy atom. The molecule has 0 unspecified atom stereocenters. The Hall–Kier alpha value is -3.38. The molecule has 0 aliphatic carbocycles. The number of hydrogen-bond donors (Lipinski definition) is 0. The molecule has 1 heterocycles. The number of imide groups is 1. The summed E-state index contributed by atoms with van der Waals surface area (Å²) in [5.41, 5.74) is 1.78. The van der Waals surface area contributed by atoms with E-state index in [1.165, 1.54) is 12.1 Å². The zero-order valence-electron chi connectivity index (χ0n) is 14.7. The lowest BCUT2D eigenvalue weighted by atomic mass is 10.1. The minimum Gasteiger partial charge on any atom is -0.324 e. The highest BCUT2D eigenvalue weighted by atomic mass is 32.2. The van der Waals surface area contributed by atoms with E-state index in [4.69, 9.17) is 4.84 Å². The van der Waals surface area contributed by atoms with Gasteiger partial charge in [-0.3, -0.25) is 9.59 Å². The van der Waals surface area contributed by atoms with Gasteiger partial charge in [0.05, 0.1) is 16.7 Å². The van der Waals surface area contributed by atoms with Crippen LogP contribution in [0.1, 0.15) is 36.6 Å². The molecule has 0 saturated carbocycles. The topological polar surface area (TPSA) is 63.7 Å². The molecule has 0 radical (unpaired) electrons. The molecular formula is C22H15NO4S. The summed E-state index contributed by atoms with van der Waals surface area (Å²) in [6, 6.07) is 23.3. The molecule has 4 rings (SSSR count). The molecule has 0 spiro atoms. The smallest absolute Gasteiger partial charge is 0.324 e. The predicted octanol–water partition coefficient (Wildman–Crippen LogP) is 4.35. The van der Waals surface area contributed by atoms with Crippen molar-refractivity contribution in [2.45, 2.75) is 10.6 Å². The zero-order valence-corrected chi connectivity index (χ0v) is 15.5. The standard InChI is InChI=1S/C22H15NO4S/c24-20-18-8-4-5-9-19(18)21(25)23(20)27-22(26)16-12-10-15(11-13-16)14-28-17-6-2-1-3-7-17/h1-13H,14H2. The number of carbonyl (C=O) groups excluding carboxylic acids is 3. The van der Waals surface area contributed by atoms with Crippen molar-refractivity contribution in [1.82, 2.24) is 5.06 Å². The molecule has 6 heteroatoms. The maximum atomic E-state index is 12.4. The van der Waals surface area contributed by atoms with Gasteiger partial charge in [0.25, 0.3) is 11.8 Å². The van der Waals surface area contributed by atoms with Crippen LogP contribution in [0.2, 0.25) is 0 Å². The highest BCUT2D eigenvalue weighted by Gasteiger charge is 2.38. The van der Waals surface area contributed by atoms with E-state index in [-0.39, 0.29) is 16.7 Å². The lowest BCUT2D eigenvalue weighted by Crippen LogP contribution is -2.32. The lowest BCUT2D eigenvalue weighted by Gasteiger charge is -2.12. The molecule has 3 aromatic rings. The van der Waals surface area contributed by atoms with Gasteiger partial charge in [0.1, 0.15) is 0 Å². The van der Waals surface area contributed by atoms with Crippen LogP contribution in [0, 0.1) is 0 Å². The van der Waals surface area contributed by atoms with Crippen molar-refractivity contribution in [3.05, 3.63) is 101 Å². The first-order valence-electron chi connectivity index (χ1n) is 8.60. The summed E-state index contributed by atoms with van der Waals surface area (Å²) < 4.78 is 0. The predicted molar refractivity (Wildman–Crippen MR) is 105 cm³/mol. The van der Waals surface area contributed by atoms with Gasteiger partial charge in [-0.25, -0.2) is 4.79 Å². The average Bonchev–Trinajstić information content (AvgIpc) is 2.98. The maximum absolute atomic E-state index is 12.4. The molecule has 0 saturated heterocycles. The molecule has 5 nitrogen and oxygen atoms in total. The Bertz CT molecular complexity index is 1010. The van der Waals surface area contributed by atoms with Crippen LogP contribution >= 0.6 is 11.8 Å². The normalized spacial score (nSPS) is 12.8. The fourth-order valence-electron chi connectivity index (χ4n) is 2.81. The maximum Gasteiger partial charge on any atom is 0.363 e. The van der Waals surface area contributed by atoms with Crippen molar-refractivity contribution in [2.75, 3.05) is 0 Å². The third-order valence-electron chi connectivity index (χ3n) is 4.27. The quantitative estimate of drug-likeness (QED) is 0.480. The van der Waals surface area contributed by atoms with Crippen LogP contribution in [0.4, 0.5) is 0 Å². The van der Waals surface area contributed by atoms with E-state index >= 15 is 0 Å². The van der Waals surface area contributed by atoms with Gasteiger partial charge in [-0.1, -0.05) is 47.5 Å². The first kappa shape index (κ1) is 18.0. The Morgan fingerprint density at radius 2 is 1.36 bits per heavy atom. The molecule has 0 bridgehead atoms. The second-order valence-corrected chi connectivity index (χ2v) is 7.18. The molecule has 0 N–H and O–H groups in total. The van der Waals surface area contributed by atoms with Gasteiger partial charge in [-0.2, -0.15) is 0 Å². The van der Waals surface area contributed by atoms with Gasteiger partial charge in [-0.05, 0) is 42.0 Å². The summed E-state index contributed by atoms with van der Waals surface area (Å²) in [6.45, 7) is 0. The number of benzene rings is 3. The molecule has 0 aromatic heterocycles. The first-order chi connectivity index (χ1) is 13.6. The molecular weight excluding hydrogens is 374 g/mol. The number of fused-ring (bicyclic) bond motifs is 1.